The van der Waals surface area contributed by atoms with Gasteiger partial charge in [0.05, 0.1) is 19.9 Å². The minimum atomic E-state index is -0.115. The first-order valence-corrected chi connectivity index (χ1v) is 8.95. The van der Waals surface area contributed by atoms with Gasteiger partial charge in [0.1, 0.15) is 21.4 Å². The second kappa shape index (κ2) is 8.01. The van der Waals surface area contributed by atoms with Gasteiger partial charge in [-0.15, -0.1) is 11.3 Å². The zero-order chi connectivity index (χ0) is 18.5. The van der Waals surface area contributed by atoms with Crippen LogP contribution in [0.15, 0.2) is 48.5 Å². The van der Waals surface area contributed by atoms with Crippen LogP contribution in [0.25, 0.3) is 10.6 Å². The maximum Gasteiger partial charge on any atom is 0.263 e. The van der Waals surface area contributed by atoms with Crippen molar-refractivity contribution in [1.29, 1.82) is 0 Å². The maximum atomic E-state index is 12.5. The van der Waals surface area contributed by atoms with Gasteiger partial charge in [-0.25, -0.2) is 4.98 Å². The van der Waals surface area contributed by atoms with Gasteiger partial charge in [-0.1, -0.05) is 12.1 Å². The van der Waals surface area contributed by atoms with Crippen LogP contribution in [-0.4, -0.2) is 25.1 Å². The fraction of sp³-hybridized carbons (Fsp3) is 0.200. The van der Waals surface area contributed by atoms with Crippen LogP contribution in [0.4, 0.5) is 0 Å². The van der Waals surface area contributed by atoms with Crippen molar-refractivity contribution >= 4 is 17.2 Å². The minimum absolute atomic E-state index is 0.115. The van der Waals surface area contributed by atoms with Gasteiger partial charge in [0.15, 0.2) is 0 Å². The Morgan fingerprint density at radius 1 is 1.00 bits per heavy atom. The van der Waals surface area contributed by atoms with E-state index in [-0.39, 0.29) is 5.91 Å². The molecule has 0 saturated carbocycles. The lowest BCUT2D eigenvalue weighted by molar-refractivity contribution is 0.0954. The largest absolute Gasteiger partial charge is 0.497 e. The van der Waals surface area contributed by atoms with Gasteiger partial charge in [-0.05, 0) is 48.9 Å². The van der Waals surface area contributed by atoms with Crippen molar-refractivity contribution in [3.63, 3.8) is 0 Å². The Labute approximate surface area is 156 Å². The molecule has 0 unspecified atom stereocenters. The molecule has 1 amide bonds. The average Bonchev–Trinajstić information content (AvgIpc) is 3.08. The van der Waals surface area contributed by atoms with Gasteiger partial charge in [0.25, 0.3) is 5.91 Å². The summed E-state index contributed by atoms with van der Waals surface area (Å²) in [6.07, 6.45) is 0. The highest BCUT2D eigenvalue weighted by Crippen LogP contribution is 2.29. The Balaban J connectivity index is 1.69. The lowest BCUT2D eigenvalue weighted by atomic mass is 10.2. The highest BCUT2D eigenvalue weighted by Gasteiger charge is 2.16. The monoisotopic (exact) mass is 368 g/mol. The summed E-state index contributed by atoms with van der Waals surface area (Å²) in [7, 11) is 3.26. The molecule has 0 saturated heterocycles. The summed E-state index contributed by atoms with van der Waals surface area (Å²) >= 11 is 1.39. The number of ether oxygens (including phenoxy) is 2. The van der Waals surface area contributed by atoms with Gasteiger partial charge in [0, 0.05) is 12.1 Å². The molecular formula is C20H20N2O3S. The van der Waals surface area contributed by atoms with Crippen LogP contribution in [0, 0.1) is 6.92 Å². The predicted octanol–water partition coefficient (Wildman–Crippen LogP) is 4.07. The van der Waals surface area contributed by atoms with Crippen LogP contribution < -0.4 is 14.8 Å². The highest BCUT2D eigenvalue weighted by molar-refractivity contribution is 7.17. The number of nitrogens with one attached hydrogen (secondary N) is 1. The number of aryl methyl sites for hydroxylation is 1. The molecule has 0 aliphatic carbocycles. The van der Waals surface area contributed by atoms with Gasteiger partial charge < -0.3 is 14.8 Å². The van der Waals surface area contributed by atoms with Crippen molar-refractivity contribution in [1.82, 2.24) is 10.3 Å². The first kappa shape index (κ1) is 17.9. The Bertz CT molecular complexity index is 886. The molecule has 1 aromatic heterocycles. The molecule has 26 heavy (non-hydrogen) atoms. The van der Waals surface area contributed by atoms with E-state index >= 15 is 0 Å². The van der Waals surface area contributed by atoms with Crippen LogP contribution in [-0.2, 0) is 6.54 Å². The molecule has 0 spiro atoms. The van der Waals surface area contributed by atoms with Gasteiger partial charge in [0.2, 0.25) is 0 Å². The number of benzene rings is 2. The SMILES string of the molecule is COc1ccc(CNC(=O)c2sc(-c3ccc(OC)cc3)nc2C)cc1. The van der Waals surface area contributed by atoms with Crippen LogP contribution in [0.1, 0.15) is 20.9 Å². The number of carbonyl (C=O) groups is 1. The number of hydrogen-bond acceptors (Lipinski definition) is 5. The number of amides is 1. The zero-order valence-electron chi connectivity index (χ0n) is 14.9. The summed E-state index contributed by atoms with van der Waals surface area (Å²) < 4.78 is 10.3. The molecule has 0 atom stereocenters. The summed E-state index contributed by atoms with van der Waals surface area (Å²) in [6.45, 7) is 2.31. The second-order valence-corrected chi connectivity index (χ2v) is 6.69. The van der Waals surface area contributed by atoms with Crippen molar-refractivity contribution in [3.05, 3.63) is 64.7 Å². The van der Waals surface area contributed by atoms with Gasteiger partial charge in [-0.3, -0.25) is 4.79 Å². The molecule has 3 aromatic rings. The van der Waals surface area contributed by atoms with Gasteiger partial charge in [-0.2, -0.15) is 0 Å². The summed E-state index contributed by atoms with van der Waals surface area (Å²) in [5, 5.41) is 3.77. The standard InChI is InChI=1S/C20H20N2O3S/c1-13-18(19(23)21-12-14-4-8-16(24-2)9-5-14)26-20(22-13)15-6-10-17(25-3)11-7-15/h4-11H,12H2,1-3H3,(H,21,23). The Kier molecular flexibility index (Phi) is 5.53. The lowest BCUT2D eigenvalue weighted by Gasteiger charge is -2.05. The molecule has 3 rings (SSSR count). The molecule has 0 radical (unpaired) electrons. The third-order valence-corrected chi connectivity index (χ3v) is 5.16. The molecule has 0 aliphatic heterocycles. The number of nitrogens with zero attached hydrogens (tertiary/aromatic N) is 1. The second-order valence-electron chi connectivity index (χ2n) is 5.69. The molecule has 1 heterocycles. The smallest absolute Gasteiger partial charge is 0.263 e. The topological polar surface area (TPSA) is 60.5 Å². The van der Waals surface area contributed by atoms with Crippen molar-refractivity contribution in [2.24, 2.45) is 0 Å². The van der Waals surface area contributed by atoms with Crippen LogP contribution in [0.5, 0.6) is 11.5 Å². The van der Waals surface area contributed by atoms with Crippen molar-refractivity contribution < 1.29 is 14.3 Å². The molecule has 0 fully saturated rings. The summed E-state index contributed by atoms with van der Waals surface area (Å²) in [4.78, 5) is 17.7. The van der Waals surface area contributed by atoms with Crippen molar-refractivity contribution in [2.75, 3.05) is 14.2 Å². The van der Waals surface area contributed by atoms with Crippen LogP contribution in [0.2, 0.25) is 0 Å². The van der Waals surface area contributed by atoms with E-state index in [4.69, 9.17) is 9.47 Å². The predicted molar refractivity (Wildman–Crippen MR) is 103 cm³/mol. The summed E-state index contributed by atoms with van der Waals surface area (Å²) in [5.41, 5.74) is 2.71. The third kappa shape index (κ3) is 4.03. The van der Waals surface area contributed by atoms with E-state index in [9.17, 15) is 4.79 Å². The average molecular weight is 368 g/mol. The molecule has 5 nitrogen and oxygen atoms in total. The minimum Gasteiger partial charge on any atom is -0.497 e. The number of rotatable bonds is 6. The number of hydrogen-bond donors (Lipinski definition) is 1. The number of aromatic nitrogens is 1. The summed E-state index contributed by atoms with van der Waals surface area (Å²) in [6, 6.07) is 15.3. The first-order valence-electron chi connectivity index (χ1n) is 8.13. The van der Waals surface area contributed by atoms with E-state index in [2.05, 4.69) is 10.3 Å². The molecule has 134 valence electrons. The van der Waals surface area contributed by atoms with Crippen LogP contribution in [0.3, 0.4) is 0 Å². The van der Waals surface area contributed by atoms with Crippen molar-refractivity contribution in [2.45, 2.75) is 13.5 Å². The van der Waals surface area contributed by atoms with Gasteiger partial charge >= 0.3 is 0 Å². The van der Waals surface area contributed by atoms with E-state index in [1.165, 1.54) is 11.3 Å². The molecule has 1 N–H and O–H groups in total. The fourth-order valence-electron chi connectivity index (χ4n) is 2.47. The molecule has 0 aliphatic rings. The number of carbonyl (C=O) groups excluding carboxylic acids is 1. The van der Waals surface area contributed by atoms with E-state index in [1.807, 2.05) is 55.5 Å². The van der Waals surface area contributed by atoms with Crippen molar-refractivity contribution in [3.8, 4) is 22.1 Å². The Morgan fingerprint density at radius 3 is 2.15 bits per heavy atom. The fourth-order valence-corrected chi connectivity index (χ4v) is 3.46. The highest BCUT2D eigenvalue weighted by atomic mass is 32.1. The maximum absolute atomic E-state index is 12.5. The molecule has 0 bridgehead atoms. The normalized spacial score (nSPS) is 10.4. The van der Waals surface area contributed by atoms with E-state index in [0.717, 1.165) is 33.3 Å². The zero-order valence-corrected chi connectivity index (χ0v) is 15.7. The number of thiazole rings is 1. The number of methoxy groups -OCH3 is 2. The van der Waals surface area contributed by atoms with E-state index < -0.39 is 0 Å². The molecular weight excluding hydrogens is 348 g/mol. The molecule has 2 aromatic carbocycles. The Morgan fingerprint density at radius 2 is 1.58 bits per heavy atom. The third-order valence-electron chi connectivity index (χ3n) is 3.95. The summed E-state index contributed by atoms with van der Waals surface area (Å²) in [5.74, 6) is 1.47. The quantitative estimate of drug-likeness (QED) is 0.713. The Hall–Kier alpha value is -2.86. The van der Waals surface area contributed by atoms with E-state index in [0.29, 0.717) is 11.4 Å². The molecule has 6 heteroatoms. The van der Waals surface area contributed by atoms with E-state index in [1.54, 1.807) is 14.2 Å². The van der Waals surface area contributed by atoms with Crippen LogP contribution >= 0.6 is 11.3 Å². The lowest BCUT2D eigenvalue weighted by Crippen LogP contribution is -2.22. The first-order chi connectivity index (χ1) is 12.6.